The molecule has 2 heteroatoms. The van der Waals surface area contributed by atoms with Gasteiger partial charge in [-0.25, -0.2) is 0 Å². The average Bonchev–Trinajstić information content (AvgIpc) is 2.47. The second-order valence-electron chi connectivity index (χ2n) is 4.43. The van der Waals surface area contributed by atoms with Crippen molar-refractivity contribution in [1.29, 1.82) is 0 Å². The number of aromatic nitrogens is 1. The molecule has 0 atom stereocenters. The fourth-order valence-electron chi connectivity index (χ4n) is 2.34. The van der Waals surface area contributed by atoms with E-state index in [1.807, 2.05) is 30.5 Å². The van der Waals surface area contributed by atoms with E-state index in [9.17, 15) is 5.11 Å². The summed E-state index contributed by atoms with van der Waals surface area (Å²) in [6, 6.07) is 13.4. The van der Waals surface area contributed by atoms with Crippen LogP contribution in [0.1, 0.15) is 37.9 Å². The Bertz CT molecular complexity index is 556. The Morgan fingerprint density at radius 1 is 0.947 bits per heavy atom. The van der Waals surface area contributed by atoms with Gasteiger partial charge >= 0.3 is 0 Å². The Morgan fingerprint density at radius 3 is 2.16 bits per heavy atom. The number of hydrogen-bond donors (Lipinski definition) is 1. The molecule has 0 aliphatic rings. The van der Waals surface area contributed by atoms with E-state index in [1.165, 1.54) is 11.1 Å². The van der Waals surface area contributed by atoms with Crippen molar-refractivity contribution in [1.82, 2.24) is 4.98 Å². The number of hydrogen-bond acceptors (Lipinski definition) is 2. The molecule has 0 unspecified atom stereocenters. The third-order valence-corrected chi connectivity index (χ3v) is 3.26. The molecule has 2 aromatic rings. The first-order valence-electron chi connectivity index (χ1n) is 6.69. The number of nitrogens with zero attached hydrogens (tertiary/aromatic N) is 1. The number of pyridine rings is 1. The molecule has 1 aromatic heterocycles. The quantitative estimate of drug-likeness (QED) is 0.869. The van der Waals surface area contributed by atoms with Crippen molar-refractivity contribution in [3.63, 3.8) is 0 Å². The van der Waals surface area contributed by atoms with Crippen LogP contribution in [0, 0.1) is 0 Å². The molecule has 1 aromatic carbocycles. The zero-order valence-electron chi connectivity index (χ0n) is 11.4. The van der Waals surface area contributed by atoms with E-state index in [2.05, 4.69) is 24.9 Å². The van der Waals surface area contributed by atoms with E-state index in [4.69, 9.17) is 0 Å². The fourth-order valence-corrected chi connectivity index (χ4v) is 2.34. The van der Waals surface area contributed by atoms with Crippen LogP contribution in [0.25, 0.3) is 11.1 Å². The van der Waals surface area contributed by atoms with Crippen molar-refractivity contribution >= 4 is 11.1 Å². The van der Waals surface area contributed by atoms with Gasteiger partial charge in [-0.1, -0.05) is 32.0 Å². The third-order valence-electron chi connectivity index (χ3n) is 3.26. The summed E-state index contributed by atoms with van der Waals surface area (Å²) in [5.74, 6) is 0.301. The zero-order valence-corrected chi connectivity index (χ0v) is 11.4. The highest BCUT2D eigenvalue weighted by molar-refractivity contribution is 5.89. The van der Waals surface area contributed by atoms with Crippen LogP contribution in [0.2, 0.25) is 0 Å². The number of allylic oxidation sites excluding steroid dienone is 2. The molecule has 0 fully saturated rings. The minimum absolute atomic E-state index is 0.301. The summed E-state index contributed by atoms with van der Waals surface area (Å²) in [5, 5.41) is 9.40. The van der Waals surface area contributed by atoms with Gasteiger partial charge in [0.05, 0.1) is 5.69 Å². The predicted molar refractivity (Wildman–Crippen MR) is 79.7 cm³/mol. The Balaban J connectivity index is 2.53. The lowest BCUT2D eigenvalue weighted by molar-refractivity contribution is 0.475. The molecule has 2 nitrogen and oxygen atoms in total. The summed E-state index contributed by atoms with van der Waals surface area (Å²) in [4.78, 5) is 4.45. The molecule has 0 aliphatic heterocycles. The Labute approximate surface area is 114 Å². The molecule has 0 saturated heterocycles. The lowest BCUT2D eigenvalue weighted by atomic mass is 9.94. The number of phenols is 1. The molecule has 0 spiro atoms. The Hall–Kier alpha value is -2.09. The van der Waals surface area contributed by atoms with Gasteiger partial charge in [0.15, 0.2) is 0 Å². The van der Waals surface area contributed by atoms with Gasteiger partial charge in [0, 0.05) is 6.20 Å². The molecule has 0 amide bonds. The van der Waals surface area contributed by atoms with E-state index in [0.29, 0.717) is 5.75 Å². The van der Waals surface area contributed by atoms with Gasteiger partial charge in [-0.05, 0) is 53.8 Å². The summed E-state index contributed by atoms with van der Waals surface area (Å²) in [7, 11) is 0. The minimum atomic E-state index is 0.301. The third kappa shape index (κ3) is 3.02. The second-order valence-corrected chi connectivity index (χ2v) is 4.43. The van der Waals surface area contributed by atoms with Crippen molar-refractivity contribution in [2.75, 3.05) is 0 Å². The smallest absolute Gasteiger partial charge is 0.115 e. The SMILES string of the molecule is CC/C(=C(/CC)c1ccccn1)c1ccc(O)cc1. The molecule has 0 saturated carbocycles. The molecule has 19 heavy (non-hydrogen) atoms. The van der Waals surface area contributed by atoms with Crippen molar-refractivity contribution < 1.29 is 5.11 Å². The lowest BCUT2D eigenvalue weighted by Crippen LogP contribution is -1.93. The first-order valence-corrected chi connectivity index (χ1v) is 6.69. The van der Waals surface area contributed by atoms with Crippen LogP contribution in [0.5, 0.6) is 5.75 Å². The van der Waals surface area contributed by atoms with Gasteiger partial charge in [0.2, 0.25) is 0 Å². The molecule has 0 bridgehead atoms. The van der Waals surface area contributed by atoms with Gasteiger partial charge in [0.25, 0.3) is 0 Å². The van der Waals surface area contributed by atoms with Crippen LogP contribution >= 0.6 is 0 Å². The van der Waals surface area contributed by atoms with E-state index >= 15 is 0 Å². The highest BCUT2D eigenvalue weighted by Crippen LogP contribution is 2.30. The summed E-state index contributed by atoms with van der Waals surface area (Å²) in [6.07, 6.45) is 3.72. The Kier molecular flexibility index (Phi) is 4.35. The standard InChI is InChI=1S/C17H19NO/c1-3-15(13-8-10-14(19)11-9-13)16(4-2)17-7-5-6-12-18-17/h5-12,19H,3-4H2,1-2H3/b16-15+. The number of benzene rings is 1. The summed E-state index contributed by atoms with van der Waals surface area (Å²) >= 11 is 0. The average molecular weight is 253 g/mol. The van der Waals surface area contributed by atoms with Crippen LogP contribution in [0.15, 0.2) is 48.7 Å². The number of phenolic OH excluding ortho intramolecular Hbond substituents is 1. The van der Waals surface area contributed by atoms with E-state index in [-0.39, 0.29) is 0 Å². The maximum atomic E-state index is 9.40. The predicted octanol–water partition coefficient (Wildman–Crippen LogP) is 4.52. The van der Waals surface area contributed by atoms with Gasteiger partial charge in [-0.3, -0.25) is 4.98 Å². The molecule has 2 rings (SSSR count). The minimum Gasteiger partial charge on any atom is -0.508 e. The molecule has 98 valence electrons. The van der Waals surface area contributed by atoms with Crippen molar-refractivity contribution in [2.45, 2.75) is 26.7 Å². The van der Waals surface area contributed by atoms with Crippen LogP contribution in [-0.4, -0.2) is 10.1 Å². The molecule has 0 aliphatic carbocycles. The molecular formula is C17H19NO. The molecule has 1 N–H and O–H groups in total. The van der Waals surface area contributed by atoms with E-state index < -0.39 is 0 Å². The van der Waals surface area contributed by atoms with Gasteiger partial charge in [-0.2, -0.15) is 0 Å². The topological polar surface area (TPSA) is 33.1 Å². The summed E-state index contributed by atoms with van der Waals surface area (Å²) in [5.41, 5.74) is 4.76. The van der Waals surface area contributed by atoms with Gasteiger partial charge in [-0.15, -0.1) is 0 Å². The molecule has 1 heterocycles. The highest BCUT2D eigenvalue weighted by Gasteiger charge is 2.09. The monoisotopic (exact) mass is 253 g/mol. The second kappa shape index (κ2) is 6.19. The zero-order chi connectivity index (χ0) is 13.7. The fraction of sp³-hybridized carbons (Fsp3) is 0.235. The van der Waals surface area contributed by atoms with Crippen molar-refractivity contribution in [3.8, 4) is 5.75 Å². The number of aromatic hydroxyl groups is 1. The largest absolute Gasteiger partial charge is 0.508 e. The van der Waals surface area contributed by atoms with Crippen LogP contribution < -0.4 is 0 Å². The molecular weight excluding hydrogens is 234 g/mol. The van der Waals surface area contributed by atoms with Crippen LogP contribution in [0.3, 0.4) is 0 Å². The van der Waals surface area contributed by atoms with Crippen LogP contribution in [0.4, 0.5) is 0 Å². The van der Waals surface area contributed by atoms with Gasteiger partial charge in [0.1, 0.15) is 5.75 Å². The maximum Gasteiger partial charge on any atom is 0.115 e. The van der Waals surface area contributed by atoms with Crippen LogP contribution in [-0.2, 0) is 0 Å². The highest BCUT2D eigenvalue weighted by atomic mass is 16.3. The van der Waals surface area contributed by atoms with Gasteiger partial charge < -0.3 is 5.11 Å². The van der Waals surface area contributed by atoms with E-state index in [1.54, 1.807) is 12.1 Å². The molecule has 0 radical (unpaired) electrons. The Morgan fingerprint density at radius 2 is 1.63 bits per heavy atom. The number of rotatable bonds is 4. The summed E-state index contributed by atoms with van der Waals surface area (Å²) < 4.78 is 0. The normalized spacial score (nSPS) is 12.1. The summed E-state index contributed by atoms with van der Waals surface area (Å²) in [6.45, 7) is 4.31. The van der Waals surface area contributed by atoms with Crippen molar-refractivity contribution in [3.05, 3.63) is 59.9 Å². The van der Waals surface area contributed by atoms with Crippen molar-refractivity contribution in [2.24, 2.45) is 0 Å². The first kappa shape index (κ1) is 13.3. The first-order chi connectivity index (χ1) is 9.26. The maximum absolute atomic E-state index is 9.40. The lowest BCUT2D eigenvalue weighted by Gasteiger charge is -2.13. The van der Waals surface area contributed by atoms with E-state index in [0.717, 1.165) is 24.1 Å².